The summed E-state index contributed by atoms with van der Waals surface area (Å²) >= 11 is 0. The van der Waals surface area contributed by atoms with E-state index in [2.05, 4.69) is 15.0 Å². The molecule has 1 heterocycles. The standard InChI is InChI=1S/C21H24N4O5S/c1-4-11-31(29,30)24-17-8-6-7-16(13(17)3)22-19(26)14-9-10-15-18(12-14)23-21(28)25(5-2)20(15)27/h6-10,12,24H,4-5,11H2,1-3H3,(H,22,26)(H,23,28). The third-order valence-electron chi connectivity index (χ3n) is 4.88. The van der Waals surface area contributed by atoms with Crippen LogP contribution in [0.15, 0.2) is 46.0 Å². The van der Waals surface area contributed by atoms with Crippen LogP contribution < -0.4 is 21.3 Å². The van der Waals surface area contributed by atoms with Crippen molar-refractivity contribution in [2.45, 2.75) is 33.7 Å². The summed E-state index contributed by atoms with van der Waals surface area (Å²) in [6, 6.07) is 9.36. The number of nitrogens with zero attached hydrogens (tertiary/aromatic N) is 1. The van der Waals surface area contributed by atoms with Gasteiger partial charge in [0.2, 0.25) is 10.0 Å². The number of fused-ring (bicyclic) bond motifs is 1. The Morgan fingerprint density at radius 1 is 1.10 bits per heavy atom. The molecule has 0 spiro atoms. The number of hydrogen-bond donors (Lipinski definition) is 3. The van der Waals surface area contributed by atoms with Crippen molar-refractivity contribution in [2.75, 3.05) is 15.8 Å². The lowest BCUT2D eigenvalue weighted by Crippen LogP contribution is -2.34. The van der Waals surface area contributed by atoms with Crippen LogP contribution in [0.4, 0.5) is 11.4 Å². The van der Waals surface area contributed by atoms with Crippen LogP contribution in [0.2, 0.25) is 0 Å². The molecule has 3 aromatic rings. The van der Waals surface area contributed by atoms with Gasteiger partial charge in [-0.05, 0) is 56.2 Å². The predicted molar refractivity (Wildman–Crippen MR) is 121 cm³/mol. The Hall–Kier alpha value is -3.40. The Morgan fingerprint density at radius 3 is 2.48 bits per heavy atom. The molecule has 0 aliphatic rings. The fourth-order valence-corrected chi connectivity index (χ4v) is 4.44. The van der Waals surface area contributed by atoms with E-state index in [1.54, 1.807) is 39.0 Å². The molecular formula is C21H24N4O5S. The molecular weight excluding hydrogens is 420 g/mol. The van der Waals surface area contributed by atoms with Gasteiger partial charge in [-0.15, -0.1) is 0 Å². The van der Waals surface area contributed by atoms with Crippen molar-refractivity contribution in [3.05, 3.63) is 68.4 Å². The monoisotopic (exact) mass is 444 g/mol. The van der Waals surface area contributed by atoms with Gasteiger partial charge in [-0.2, -0.15) is 0 Å². The van der Waals surface area contributed by atoms with Crippen LogP contribution >= 0.6 is 0 Å². The molecule has 2 aromatic carbocycles. The summed E-state index contributed by atoms with van der Waals surface area (Å²) in [5, 5.41) is 3.06. The molecule has 164 valence electrons. The van der Waals surface area contributed by atoms with Gasteiger partial charge < -0.3 is 10.3 Å². The molecule has 0 fully saturated rings. The van der Waals surface area contributed by atoms with Crippen molar-refractivity contribution >= 4 is 38.2 Å². The zero-order valence-corrected chi connectivity index (χ0v) is 18.3. The summed E-state index contributed by atoms with van der Waals surface area (Å²) < 4.78 is 27.8. The van der Waals surface area contributed by atoms with E-state index >= 15 is 0 Å². The maximum atomic E-state index is 12.8. The summed E-state index contributed by atoms with van der Waals surface area (Å²) in [4.78, 5) is 39.8. The molecule has 0 radical (unpaired) electrons. The highest BCUT2D eigenvalue weighted by atomic mass is 32.2. The van der Waals surface area contributed by atoms with E-state index in [-0.39, 0.29) is 23.4 Å². The van der Waals surface area contributed by atoms with Crippen molar-refractivity contribution in [1.82, 2.24) is 9.55 Å². The first kappa shape index (κ1) is 22.3. The van der Waals surface area contributed by atoms with Gasteiger partial charge in [-0.1, -0.05) is 13.0 Å². The van der Waals surface area contributed by atoms with E-state index in [1.807, 2.05) is 0 Å². The van der Waals surface area contributed by atoms with Gasteiger partial charge in [0, 0.05) is 17.8 Å². The fourth-order valence-electron chi connectivity index (χ4n) is 3.25. The molecule has 1 amide bonds. The predicted octanol–water partition coefficient (Wildman–Crippen LogP) is 2.42. The minimum atomic E-state index is -3.47. The third kappa shape index (κ3) is 4.69. The number of amides is 1. The molecule has 1 aromatic heterocycles. The maximum absolute atomic E-state index is 12.8. The summed E-state index contributed by atoms with van der Waals surface area (Å²) in [5.74, 6) is -0.461. The van der Waals surface area contributed by atoms with E-state index in [1.165, 1.54) is 18.2 Å². The molecule has 10 heteroatoms. The van der Waals surface area contributed by atoms with Gasteiger partial charge in [0.05, 0.1) is 22.3 Å². The number of H-pyrrole nitrogens is 1. The maximum Gasteiger partial charge on any atom is 0.328 e. The van der Waals surface area contributed by atoms with E-state index in [0.29, 0.717) is 28.7 Å². The minimum absolute atomic E-state index is 0.00193. The highest BCUT2D eigenvalue weighted by Crippen LogP contribution is 2.25. The number of aromatic amines is 1. The minimum Gasteiger partial charge on any atom is -0.322 e. The van der Waals surface area contributed by atoms with E-state index in [0.717, 1.165) is 4.57 Å². The van der Waals surface area contributed by atoms with Crippen LogP contribution in [0.5, 0.6) is 0 Å². The average molecular weight is 445 g/mol. The first-order valence-corrected chi connectivity index (χ1v) is 11.5. The highest BCUT2D eigenvalue weighted by Gasteiger charge is 2.15. The number of carbonyl (C=O) groups excluding carboxylic acids is 1. The number of hydrogen-bond acceptors (Lipinski definition) is 5. The zero-order chi connectivity index (χ0) is 22.8. The van der Waals surface area contributed by atoms with Crippen LogP contribution in [0, 0.1) is 6.92 Å². The van der Waals surface area contributed by atoms with Crippen LogP contribution in [-0.4, -0.2) is 29.6 Å². The molecule has 0 aliphatic carbocycles. The molecule has 3 N–H and O–H groups in total. The normalized spacial score (nSPS) is 11.5. The number of anilines is 2. The first-order chi connectivity index (χ1) is 14.7. The summed E-state index contributed by atoms with van der Waals surface area (Å²) in [6.45, 7) is 5.41. The number of nitrogens with one attached hydrogen (secondary N) is 3. The number of aromatic nitrogens is 2. The lowest BCUT2D eigenvalue weighted by atomic mass is 10.1. The van der Waals surface area contributed by atoms with Gasteiger partial charge >= 0.3 is 5.69 Å². The smallest absolute Gasteiger partial charge is 0.322 e. The lowest BCUT2D eigenvalue weighted by Gasteiger charge is -2.14. The summed E-state index contributed by atoms with van der Waals surface area (Å²) in [6.07, 6.45) is 0.484. The van der Waals surface area contributed by atoms with Gasteiger partial charge in [0.15, 0.2) is 0 Å². The molecule has 31 heavy (non-hydrogen) atoms. The van der Waals surface area contributed by atoms with Gasteiger partial charge in [-0.25, -0.2) is 13.2 Å². The topological polar surface area (TPSA) is 130 Å². The average Bonchev–Trinajstić information content (AvgIpc) is 2.70. The Bertz CT molecular complexity index is 1370. The Labute approximate surface area is 179 Å². The van der Waals surface area contributed by atoms with Crippen LogP contribution in [0.25, 0.3) is 10.9 Å². The summed E-state index contributed by atoms with van der Waals surface area (Å²) in [7, 11) is -3.47. The Kier molecular flexibility index (Phi) is 6.30. The lowest BCUT2D eigenvalue weighted by molar-refractivity contribution is 0.102. The van der Waals surface area contributed by atoms with Gasteiger partial charge in [0.1, 0.15) is 0 Å². The molecule has 0 saturated carbocycles. The molecule has 9 nitrogen and oxygen atoms in total. The first-order valence-electron chi connectivity index (χ1n) is 9.85. The second-order valence-corrected chi connectivity index (χ2v) is 8.93. The molecule has 0 aliphatic heterocycles. The van der Waals surface area contributed by atoms with Crippen molar-refractivity contribution in [1.29, 1.82) is 0 Å². The number of carbonyl (C=O) groups is 1. The number of rotatable bonds is 7. The van der Waals surface area contributed by atoms with Crippen LogP contribution in [0.1, 0.15) is 36.2 Å². The molecule has 0 bridgehead atoms. The molecule has 3 rings (SSSR count). The van der Waals surface area contributed by atoms with E-state index < -0.39 is 27.2 Å². The van der Waals surface area contributed by atoms with E-state index in [4.69, 9.17) is 0 Å². The molecule has 0 unspecified atom stereocenters. The van der Waals surface area contributed by atoms with Gasteiger partial charge in [-0.3, -0.25) is 18.9 Å². The molecule has 0 atom stereocenters. The number of benzene rings is 2. The second kappa shape index (κ2) is 8.76. The quantitative estimate of drug-likeness (QED) is 0.515. The van der Waals surface area contributed by atoms with Crippen molar-refractivity contribution in [3.8, 4) is 0 Å². The third-order valence-corrected chi connectivity index (χ3v) is 6.36. The second-order valence-electron chi connectivity index (χ2n) is 7.09. The Balaban J connectivity index is 1.91. The van der Waals surface area contributed by atoms with Crippen LogP contribution in [0.3, 0.4) is 0 Å². The summed E-state index contributed by atoms with van der Waals surface area (Å²) in [5.41, 5.74) is 0.941. The highest BCUT2D eigenvalue weighted by molar-refractivity contribution is 7.92. The van der Waals surface area contributed by atoms with Crippen molar-refractivity contribution in [3.63, 3.8) is 0 Å². The van der Waals surface area contributed by atoms with Crippen LogP contribution in [-0.2, 0) is 16.6 Å². The van der Waals surface area contributed by atoms with Crippen molar-refractivity contribution in [2.24, 2.45) is 0 Å². The Morgan fingerprint density at radius 2 is 1.81 bits per heavy atom. The fraction of sp³-hybridized carbons (Fsp3) is 0.286. The van der Waals surface area contributed by atoms with Crippen molar-refractivity contribution < 1.29 is 13.2 Å². The van der Waals surface area contributed by atoms with Gasteiger partial charge in [0.25, 0.3) is 11.5 Å². The van der Waals surface area contributed by atoms with E-state index in [9.17, 15) is 22.8 Å². The molecule has 0 saturated heterocycles. The zero-order valence-electron chi connectivity index (χ0n) is 17.5. The SMILES string of the molecule is CCCS(=O)(=O)Nc1cccc(NC(=O)c2ccc3c(=O)n(CC)c(=O)[nH]c3c2)c1C. The number of sulfonamides is 1. The largest absolute Gasteiger partial charge is 0.328 e.